The smallest absolute Gasteiger partial charge is 0.269 e. The maximum atomic E-state index is 13.8. The summed E-state index contributed by atoms with van der Waals surface area (Å²) in [5, 5.41) is 14.2. The summed E-state index contributed by atoms with van der Waals surface area (Å²) in [5.74, 6) is -1.20. The second-order valence-electron chi connectivity index (χ2n) is 8.42. The highest BCUT2D eigenvalue weighted by Crippen LogP contribution is 2.55. The number of hydrazine groups is 1. The van der Waals surface area contributed by atoms with E-state index in [4.69, 9.17) is 0 Å². The second-order valence-corrected chi connectivity index (χ2v) is 8.42. The highest BCUT2D eigenvalue weighted by atomic mass is 16.6. The number of nitrogens with zero attached hydrogens (tertiary/aromatic N) is 4. The van der Waals surface area contributed by atoms with Crippen LogP contribution in [0, 0.1) is 15.5 Å². The number of nitro benzene ring substituents is 1. The number of rotatable bonds is 2. The fourth-order valence-corrected chi connectivity index (χ4v) is 4.68. The van der Waals surface area contributed by atoms with Gasteiger partial charge in [0.15, 0.2) is 5.54 Å². The molecule has 3 aliphatic rings. The number of anilines is 2. The fraction of sp³-hybridized carbons (Fsp3) is 0.286. The van der Waals surface area contributed by atoms with Gasteiger partial charge in [-0.2, -0.15) is 0 Å². The van der Waals surface area contributed by atoms with E-state index < -0.39 is 27.7 Å². The van der Waals surface area contributed by atoms with E-state index in [0.29, 0.717) is 12.1 Å². The molecule has 0 aliphatic carbocycles. The number of hydrogen-bond donors (Lipinski definition) is 0. The van der Waals surface area contributed by atoms with Gasteiger partial charge in [0.1, 0.15) is 0 Å². The first kappa shape index (κ1) is 18.3. The van der Waals surface area contributed by atoms with Crippen LogP contribution in [0.5, 0.6) is 0 Å². The van der Waals surface area contributed by atoms with Gasteiger partial charge in [0.05, 0.1) is 34.7 Å². The molecule has 30 heavy (non-hydrogen) atoms. The van der Waals surface area contributed by atoms with E-state index in [-0.39, 0.29) is 23.7 Å². The molecule has 0 radical (unpaired) electrons. The molecular formula is C21H18N4O5. The Morgan fingerprint density at radius 2 is 1.63 bits per heavy atom. The number of amides is 3. The van der Waals surface area contributed by atoms with Gasteiger partial charge in [0.25, 0.3) is 11.6 Å². The SMILES string of the molecule is CC1(C)CN2c3ccccc3C3(CC(=O)N(c4ccc([N+](=O)[O-])cc4)C3=O)N2C1=O. The molecular weight excluding hydrogens is 388 g/mol. The third-order valence-electron chi connectivity index (χ3n) is 6.08. The van der Waals surface area contributed by atoms with Crippen molar-refractivity contribution in [3.63, 3.8) is 0 Å². The zero-order chi connectivity index (χ0) is 21.4. The van der Waals surface area contributed by atoms with Crippen molar-refractivity contribution in [2.45, 2.75) is 25.8 Å². The summed E-state index contributed by atoms with van der Waals surface area (Å²) in [4.78, 5) is 51.5. The van der Waals surface area contributed by atoms with Crippen LogP contribution < -0.4 is 9.91 Å². The van der Waals surface area contributed by atoms with Crippen molar-refractivity contribution in [3.05, 3.63) is 64.2 Å². The third kappa shape index (κ3) is 2.09. The maximum absolute atomic E-state index is 13.8. The summed E-state index contributed by atoms with van der Waals surface area (Å²) in [6.45, 7) is 4.04. The molecule has 0 saturated carbocycles. The molecule has 1 atom stereocenters. The van der Waals surface area contributed by atoms with E-state index in [1.807, 2.05) is 26.0 Å². The lowest BCUT2D eigenvalue weighted by molar-refractivity contribution is -0.384. The van der Waals surface area contributed by atoms with E-state index >= 15 is 0 Å². The number of non-ortho nitro benzene ring substituents is 1. The molecule has 2 saturated heterocycles. The molecule has 5 rings (SSSR count). The molecule has 2 aromatic carbocycles. The Hall–Kier alpha value is -3.75. The predicted octanol–water partition coefficient (Wildman–Crippen LogP) is 2.36. The molecule has 2 aromatic rings. The topological polar surface area (TPSA) is 104 Å². The average molecular weight is 406 g/mol. The molecule has 0 bridgehead atoms. The van der Waals surface area contributed by atoms with Crippen molar-refractivity contribution in [3.8, 4) is 0 Å². The van der Waals surface area contributed by atoms with Gasteiger partial charge in [0, 0.05) is 17.7 Å². The summed E-state index contributed by atoms with van der Waals surface area (Å²) < 4.78 is 0. The normalized spacial score (nSPS) is 24.1. The lowest BCUT2D eigenvalue weighted by atomic mass is 9.84. The fourth-order valence-electron chi connectivity index (χ4n) is 4.68. The molecule has 0 aromatic heterocycles. The Labute approximate surface area is 171 Å². The number of nitro groups is 1. The van der Waals surface area contributed by atoms with Crippen LogP contribution in [0.1, 0.15) is 25.8 Å². The van der Waals surface area contributed by atoms with Gasteiger partial charge in [-0.1, -0.05) is 18.2 Å². The second kappa shape index (κ2) is 5.65. The Balaban J connectivity index is 1.65. The largest absolute Gasteiger partial charge is 0.280 e. The molecule has 1 spiro atoms. The van der Waals surface area contributed by atoms with Crippen molar-refractivity contribution < 1.29 is 19.3 Å². The van der Waals surface area contributed by atoms with Crippen LogP contribution in [0.15, 0.2) is 48.5 Å². The molecule has 3 aliphatic heterocycles. The van der Waals surface area contributed by atoms with Crippen LogP contribution in [0.3, 0.4) is 0 Å². The zero-order valence-corrected chi connectivity index (χ0v) is 16.4. The first-order chi connectivity index (χ1) is 14.2. The van der Waals surface area contributed by atoms with E-state index in [1.54, 1.807) is 17.1 Å². The Morgan fingerprint density at radius 1 is 0.967 bits per heavy atom. The van der Waals surface area contributed by atoms with Crippen LogP contribution in [-0.4, -0.2) is 34.2 Å². The van der Waals surface area contributed by atoms with Gasteiger partial charge >= 0.3 is 0 Å². The summed E-state index contributed by atoms with van der Waals surface area (Å²) >= 11 is 0. The van der Waals surface area contributed by atoms with E-state index in [9.17, 15) is 24.5 Å². The van der Waals surface area contributed by atoms with E-state index in [2.05, 4.69) is 0 Å². The van der Waals surface area contributed by atoms with E-state index in [1.165, 1.54) is 29.3 Å². The minimum Gasteiger partial charge on any atom is -0.280 e. The number of carbonyl (C=O) groups excluding carboxylic acids is 3. The zero-order valence-electron chi connectivity index (χ0n) is 16.4. The molecule has 1 unspecified atom stereocenters. The van der Waals surface area contributed by atoms with Crippen LogP contribution in [0.4, 0.5) is 17.1 Å². The van der Waals surface area contributed by atoms with E-state index in [0.717, 1.165) is 10.6 Å². The highest BCUT2D eigenvalue weighted by Gasteiger charge is 2.68. The quantitative estimate of drug-likeness (QED) is 0.431. The number of imide groups is 1. The number of benzene rings is 2. The van der Waals surface area contributed by atoms with Gasteiger partial charge in [-0.3, -0.25) is 29.5 Å². The standard InChI is InChI=1S/C21H18N4O5/c1-20(2)12-22-16-6-4-3-5-15(16)21(24(22)18(20)27)11-17(26)23(19(21)28)13-7-9-14(10-8-13)25(29)30/h3-10H,11-12H2,1-2H3. The summed E-state index contributed by atoms with van der Waals surface area (Å²) in [6.07, 6.45) is -0.182. The monoisotopic (exact) mass is 406 g/mol. The van der Waals surface area contributed by atoms with Crippen LogP contribution in [0.25, 0.3) is 0 Å². The summed E-state index contributed by atoms with van der Waals surface area (Å²) in [6, 6.07) is 12.5. The Kier molecular flexibility index (Phi) is 3.45. The lowest BCUT2D eigenvalue weighted by Gasteiger charge is -2.33. The molecule has 3 heterocycles. The number of para-hydroxylation sites is 1. The molecule has 9 nitrogen and oxygen atoms in total. The van der Waals surface area contributed by atoms with Crippen molar-refractivity contribution in [1.29, 1.82) is 0 Å². The van der Waals surface area contributed by atoms with Crippen molar-refractivity contribution in [2.24, 2.45) is 5.41 Å². The van der Waals surface area contributed by atoms with Gasteiger partial charge in [-0.15, -0.1) is 0 Å². The minimum absolute atomic E-state index is 0.138. The van der Waals surface area contributed by atoms with Crippen LogP contribution in [0.2, 0.25) is 0 Å². The molecule has 0 N–H and O–H groups in total. The van der Waals surface area contributed by atoms with Crippen molar-refractivity contribution in [1.82, 2.24) is 5.01 Å². The van der Waals surface area contributed by atoms with Gasteiger partial charge < -0.3 is 0 Å². The minimum atomic E-state index is -1.44. The highest BCUT2D eigenvalue weighted by molar-refractivity contribution is 6.26. The first-order valence-electron chi connectivity index (χ1n) is 9.52. The van der Waals surface area contributed by atoms with Crippen molar-refractivity contribution in [2.75, 3.05) is 16.5 Å². The van der Waals surface area contributed by atoms with Crippen LogP contribution in [-0.2, 0) is 19.9 Å². The van der Waals surface area contributed by atoms with Gasteiger partial charge in [-0.25, -0.2) is 9.91 Å². The van der Waals surface area contributed by atoms with Crippen molar-refractivity contribution >= 4 is 34.8 Å². The summed E-state index contributed by atoms with van der Waals surface area (Å²) in [7, 11) is 0. The molecule has 3 amide bonds. The van der Waals surface area contributed by atoms with Gasteiger partial charge in [-0.05, 0) is 32.0 Å². The van der Waals surface area contributed by atoms with Gasteiger partial charge in [0.2, 0.25) is 11.8 Å². The molecule has 9 heteroatoms. The third-order valence-corrected chi connectivity index (χ3v) is 6.08. The number of hydrogen-bond acceptors (Lipinski definition) is 6. The van der Waals surface area contributed by atoms with Crippen LogP contribution >= 0.6 is 0 Å². The lowest BCUT2D eigenvalue weighted by Crippen LogP contribution is -2.54. The molecule has 152 valence electrons. The number of carbonyl (C=O) groups is 3. The number of fused-ring (bicyclic) bond motifs is 5. The average Bonchev–Trinajstić information content (AvgIpc) is 3.22. The first-order valence-corrected chi connectivity index (χ1v) is 9.52. The Bertz CT molecular complexity index is 1140. The maximum Gasteiger partial charge on any atom is 0.269 e. The summed E-state index contributed by atoms with van der Waals surface area (Å²) in [5.41, 5.74) is -0.680. The molecule has 2 fully saturated rings. The predicted molar refractivity (Wildman–Crippen MR) is 106 cm³/mol. The Morgan fingerprint density at radius 3 is 2.30 bits per heavy atom.